The van der Waals surface area contributed by atoms with Gasteiger partial charge in [0.15, 0.2) is 0 Å². The third-order valence-corrected chi connectivity index (χ3v) is 2.74. The second-order valence-electron chi connectivity index (χ2n) is 3.83. The average molecular weight is 289 g/mol. The number of halogens is 3. The second kappa shape index (κ2) is 5.92. The second-order valence-corrected chi connectivity index (χ2v) is 3.83. The van der Waals surface area contributed by atoms with Gasteiger partial charge in [-0.2, -0.15) is 18.4 Å². The van der Waals surface area contributed by atoms with Gasteiger partial charge in [-0.15, -0.1) is 0 Å². The Morgan fingerprint density at radius 3 is 2.45 bits per heavy atom. The largest absolute Gasteiger partial charge is 1.00 e. The molecule has 0 bridgehead atoms. The zero-order valence-corrected chi connectivity index (χ0v) is 12.7. The maximum absolute atomic E-state index is 12.6. The first-order valence-electron chi connectivity index (χ1n) is 5.17. The molecule has 0 spiro atoms. The Bertz CT molecular complexity index is 642. The molecule has 0 amide bonds. The minimum absolute atomic E-state index is 0. The van der Waals surface area contributed by atoms with Gasteiger partial charge in [-0.1, -0.05) is 6.07 Å². The molecule has 0 saturated carbocycles. The van der Waals surface area contributed by atoms with Crippen LogP contribution in [0.25, 0.3) is 11.1 Å². The van der Waals surface area contributed by atoms with Gasteiger partial charge in [0.2, 0.25) is 0 Å². The molecule has 0 radical (unpaired) electrons. The van der Waals surface area contributed by atoms with E-state index in [0.29, 0.717) is 5.56 Å². The third-order valence-electron chi connectivity index (χ3n) is 2.74. The van der Waals surface area contributed by atoms with Gasteiger partial charge in [0, 0.05) is 11.1 Å². The predicted molar refractivity (Wildman–Crippen MR) is 59.0 cm³/mol. The molecular formula is C13H7F3NNaO2. The Labute approximate surface area is 135 Å². The van der Waals surface area contributed by atoms with Crippen molar-refractivity contribution in [1.29, 1.82) is 5.26 Å². The topological polar surface area (TPSA) is 56.1 Å². The van der Waals surface area contributed by atoms with Gasteiger partial charge >= 0.3 is 35.7 Å². The van der Waals surface area contributed by atoms with Crippen LogP contribution < -0.4 is 34.7 Å². The van der Waals surface area contributed by atoms with Crippen LogP contribution in [-0.4, -0.2) is 7.11 Å². The van der Waals surface area contributed by atoms with Crippen molar-refractivity contribution >= 4 is 11.1 Å². The minimum atomic E-state index is -4.51. The number of rotatable bonds is 1. The fourth-order valence-electron chi connectivity index (χ4n) is 1.85. The number of ether oxygens (including phenoxy) is 1. The van der Waals surface area contributed by atoms with E-state index in [-0.39, 0.29) is 46.3 Å². The number of hydrogen-bond donors (Lipinski definition) is 0. The van der Waals surface area contributed by atoms with Gasteiger partial charge < -0.3 is 9.84 Å². The molecule has 7 heteroatoms. The maximum Gasteiger partial charge on any atom is 1.00 e. The summed E-state index contributed by atoms with van der Waals surface area (Å²) in [4.78, 5) is 0. The molecule has 0 N–H and O–H groups in total. The van der Waals surface area contributed by atoms with E-state index in [2.05, 4.69) is 4.74 Å². The van der Waals surface area contributed by atoms with Crippen molar-refractivity contribution in [2.75, 3.05) is 7.11 Å². The summed E-state index contributed by atoms with van der Waals surface area (Å²) in [6.45, 7) is 0. The summed E-state index contributed by atoms with van der Waals surface area (Å²) in [5, 5.41) is 20.4. The molecule has 2 rings (SSSR count). The number of allylic oxidation sites excluding steroid dienone is 3. The number of nitriles is 1. The first-order valence-corrected chi connectivity index (χ1v) is 5.17. The van der Waals surface area contributed by atoms with Crippen LogP contribution in [0.15, 0.2) is 30.2 Å². The van der Waals surface area contributed by atoms with Gasteiger partial charge in [0.1, 0.15) is 0 Å². The fourth-order valence-corrected chi connectivity index (χ4v) is 1.85. The molecule has 98 valence electrons. The molecule has 0 aromatic heterocycles. The van der Waals surface area contributed by atoms with E-state index in [4.69, 9.17) is 5.26 Å². The molecule has 1 aliphatic carbocycles. The quantitative estimate of drug-likeness (QED) is 0.508. The van der Waals surface area contributed by atoms with Crippen molar-refractivity contribution in [3.05, 3.63) is 46.9 Å². The Kier molecular flexibility index (Phi) is 4.92. The average Bonchev–Trinajstić information content (AvgIpc) is 2.74. The van der Waals surface area contributed by atoms with Gasteiger partial charge in [0.25, 0.3) is 0 Å². The van der Waals surface area contributed by atoms with Crippen LogP contribution in [0, 0.1) is 11.3 Å². The van der Waals surface area contributed by atoms with Crippen molar-refractivity contribution in [3.8, 4) is 6.07 Å². The van der Waals surface area contributed by atoms with Gasteiger partial charge in [-0.05, 0) is 30.9 Å². The van der Waals surface area contributed by atoms with Crippen molar-refractivity contribution < 1.29 is 52.6 Å². The summed E-state index contributed by atoms with van der Waals surface area (Å²) in [6, 6.07) is 4.75. The summed E-state index contributed by atoms with van der Waals surface area (Å²) in [5.74, 6) is -0.772. The number of benzene rings is 1. The summed E-state index contributed by atoms with van der Waals surface area (Å²) in [7, 11) is 1.13. The number of methoxy groups -OCH3 is 1. The third kappa shape index (κ3) is 2.85. The molecule has 0 saturated heterocycles. The van der Waals surface area contributed by atoms with Crippen molar-refractivity contribution in [2.45, 2.75) is 6.18 Å². The van der Waals surface area contributed by atoms with Crippen LogP contribution in [-0.2, 0) is 10.9 Å². The molecule has 0 unspecified atom stereocenters. The summed E-state index contributed by atoms with van der Waals surface area (Å²) >= 11 is 0. The van der Waals surface area contributed by atoms with E-state index in [1.54, 1.807) is 0 Å². The molecule has 0 fully saturated rings. The molecule has 1 aromatic rings. The van der Waals surface area contributed by atoms with E-state index in [0.717, 1.165) is 19.2 Å². The molecule has 1 aliphatic rings. The normalized spacial score (nSPS) is 15.7. The standard InChI is InChI=1S/C13H8F3NO2.Na/c1-19-12(18)11-4-7(6-17)9-3-2-8(5-10(9)11)13(14,15)16;/h2-5,18H,1H3;/q;+1/p-1/b12-11+;. The predicted octanol–water partition coefficient (Wildman–Crippen LogP) is -0.695. The van der Waals surface area contributed by atoms with Crippen molar-refractivity contribution in [3.63, 3.8) is 0 Å². The van der Waals surface area contributed by atoms with Gasteiger partial charge in [0.05, 0.1) is 23.2 Å². The van der Waals surface area contributed by atoms with Gasteiger partial charge in [-0.25, -0.2) is 0 Å². The zero-order chi connectivity index (χ0) is 14.2. The van der Waals surface area contributed by atoms with E-state index in [1.165, 1.54) is 12.1 Å². The van der Waals surface area contributed by atoms with Crippen LogP contribution in [0.3, 0.4) is 0 Å². The summed E-state index contributed by atoms with van der Waals surface area (Å²) < 4.78 is 42.4. The number of nitrogens with zero attached hydrogens (tertiary/aromatic N) is 1. The number of fused-ring (bicyclic) bond motifs is 1. The van der Waals surface area contributed by atoms with E-state index in [9.17, 15) is 18.3 Å². The Balaban J connectivity index is 0.00000200. The summed E-state index contributed by atoms with van der Waals surface area (Å²) in [6.07, 6.45) is -3.28. The Morgan fingerprint density at radius 1 is 1.30 bits per heavy atom. The molecule has 3 nitrogen and oxygen atoms in total. The smallest absolute Gasteiger partial charge is 0.616 e. The van der Waals surface area contributed by atoms with Crippen LogP contribution in [0.1, 0.15) is 16.7 Å². The number of hydrogen-bond acceptors (Lipinski definition) is 3. The SMILES string of the molecule is CO/C([O-])=C1\C=C(C#N)c2ccc(C(F)(F)F)cc21.[Na+]. The monoisotopic (exact) mass is 289 g/mol. The summed E-state index contributed by atoms with van der Waals surface area (Å²) in [5.41, 5.74) is -0.404. The Morgan fingerprint density at radius 2 is 1.95 bits per heavy atom. The van der Waals surface area contributed by atoms with E-state index in [1.807, 2.05) is 6.07 Å². The van der Waals surface area contributed by atoms with Crippen LogP contribution in [0.4, 0.5) is 13.2 Å². The van der Waals surface area contributed by atoms with Crippen LogP contribution in [0.2, 0.25) is 0 Å². The molecule has 20 heavy (non-hydrogen) atoms. The minimum Gasteiger partial charge on any atom is -0.616 e. The van der Waals surface area contributed by atoms with Crippen molar-refractivity contribution in [2.24, 2.45) is 0 Å². The fraction of sp³-hybridized carbons (Fsp3) is 0.154. The first kappa shape index (κ1) is 16.6. The van der Waals surface area contributed by atoms with Crippen LogP contribution >= 0.6 is 0 Å². The molecule has 0 aliphatic heterocycles. The van der Waals surface area contributed by atoms with Crippen molar-refractivity contribution in [1.82, 2.24) is 0 Å². The van der Waals surface area contributed by atoms with E-state index < -0.39 is 17.7 Å². The maximum atomic E-state index is 12.6. The molecular weight excluding hydrogens is 282 g/mol. The van der Waals surface area contributed by atoms with Crippen LogP contribution in [0.5, 0.6) is 0 Å². The van der Waals surface area contributed by atoms with Gasteiger partial charge in [-0.3, -0.25) is 0 Å². The molecule has 0 atom stereocenters. The van der Waals surface area contributed by atoms with E-state index >= 15 is 0 Å². The first-order chi connectivity index (χ1) is 8.88. The number of alkyl halides is 3. The molecule has 1 aromatic carbocycles. The Hall–Kier alpha value is -1.42. The molecule has 0 heterocycles. The zero-order valence-electron chi connectivity index (χ0n) is 10.7.